The summed E-state index contributed by atoms with van der Waals surface area (Å²) in [6.45, 7) is 3.82. The Hall–Kier alpha value is -2.21. The van der Waals surface area contributed by atoms with Crippen LogP contribution in [0.4, 0.5) is 0 Å². The molecule has 0 spiro atoms. The smallest absolute Gasteiger partial charge is 0.144 e. The van der Waals surface area contributed by atoms with E-state index in [9.17, 15) is 0 Å². The van der Waals surface area contributed by atoms with Crippen LogP contribution >= 0.6 is 0 Å². The van der Waals surface area contributed by atoms with E-state index in [0.29, 0.717) is 11.5 Å². The molecule has 2 aromatic rings. The van der Waals surface area contributed by atoms with E-state index < -0.39 is 0 Å². The molecular formula is C13H11N3. The summed E-state index contributed by atoms with van der Waals surface area (Å²) in [5.74, 6) is 0.623. The first-order valence-corrected chi connectivity index (χ1v) is 5.02. The van der Waals surface area contributed by atoms with Gasteiger partial charge in [0, 0.05) is 11.6 Å². The molecule has 0 saturated carbocycles. The van der Waals surface area contributed by atoms with Gasteiger partial charge in [-0.05, 0) is 19.4 Å². The van der Waals surface area contributed by atoms with E-state index in [2.05, 4.69) is 9.97 Å². The lowest BCUT2D eigenvalue weighted by atomic mass is 10.1. The van der Waals surface area contributed by atoms with Crippen molar-refractivity contribution < 1.29 is 0 Å². The van der Waals surface area contributed by atoms with Gasteiger partial charge in [0.2, 0.25) is 0 Å². The van der Waals surface area contributed by atoms with Crippen molar-refractivity contribution >= 4 is 0 Å². The predicted molar refractivity (Wildman–Crippen MR) is 61.7 cm³/mol. The maximum absolute atomic E-state index is 8.86. The van der Waals surface area contributed by atoms with Gasteiger partial charge in [-0.1, -0.05) is 24.3 Å². The Morgan fingerprint density at radius 2 is 1.88 bits per heavy atom. The molecule has 0 saturated heterocycles. The van der Waals surface area contributed by atoms with Crippen molar-refractivity contribution in [2.75, 3.05) is 0 Å². The third kappa shape index (κ3) is 1.91. The van der Waals surface area contributed by atoms with Gasteiger partial charge in [-0.3, -0.25) is 0 Å². The molecule has 1 heterocycles. The standard InChI is InChI=1S/C13H11N3/c1-9-5-3-4-6-12(9)13-7-11(8-14)15-10(2)16-13/h3-7H,1-2H3. The molecular weight excluding hydrogens is 198 g/mol. The minimum absolute atomic E-state index is 0.408. The number of nitriles is 1. The first-order chi connectivity index (χ1) is 7.70. The van der Waals surface area contributed by atoms with E-state index in [1.54, 1.807) is 13.0 Å². The van der Waals surface area contributed by atoms with E-state index in [-0.39, 0.29) is 0 Å². The van der Waals surface area contributed by atoms with Gasteiger partial charge in [0.05, 0.1) is 5.69 Å². The van der Waals surface area contributed by atoms with Crippen molar-refractivity contribution in [3.05, 3.63) is 47.4 Å². The molecule has 0 aliphatic heterocycles. The molecule has 16 heavy (non-hydrogen) atoms. The molecule has 1 aromatic carbocycles. The zero-order valence-electron chi connectivity index (χ0n) is 9.23. The highest BCUT2D eigenvalue weighted by molar-refractivity contribution is 5.64. The second-order valence-corrected chi connectivity index (χ2v) is 3.61. The monoisotopic (exact) mass is 209 g/mol. The van der Waals surface area contributed by atoms with Crippen LogP contribution in [0.3, 0.4) is 0 Å². The molecule has 1 aromatic heterocycles. The van der Waals surface area contributed by atoms with Crippen LogP contribution in [-0.2, 0) is 0 Å². The number of benzene rings is 1. The molecule has 2 rings (SSSR count). The molecule has 0 radical (unpaired) electrons. The fraction of sp³-hybridized carbons (Fsp3) is 0.154. The highest BCUT2D eigenvalue weighted by Crippen LogP contribution is 2.21. The summed E-state index contributed by atoms with van der Waals surface area (Å²) < 4.78 is 0. The van der Waals surface area contributed by atoms with Crippen LogP contribution in [0.2, 0.25) is 0 Å². The average Bonchev–Trinajstić information content (AvgIpc) is 2.28. The average molecular weight is 209 g/mol. The zero-order chi connectivity index (χ0) is 11.5. The Bertz CT molecular complexity index is 568. The number of aromatic nitrogens is 2. The van der Waals surface area contributed by atoms with E-state index in [1.165, 1.54) is 0 Å². The first-order valence-electron chi connectivity index (χ1n) is 5.02. The van der Waals surface area contributed by atoms with Gasteiger partial charge in [0.15, 0.2) is 0 Å². The van der Waals surface area contributed by atoms with E-state index in [0.717, 1.165) is 16.8 Å². The zero-order valence-corrected chi connectivity index (χ0v) is 9.23. The lowest BCUT2D eigenvalue weighted by Gasteiger charge is -2.05. The quantitative estimate of drug-likeness (QED) is 0.725. The number of hydrogen-bond donors (Lipinski definition) is 0. The van der Waals surface area contributed by atoms with Crippen molar-refractivity contribution in [2.24, 2.45) is 0 Å². The highest BCUT2D eigenvalue weighted by atomic mass is 14.9. The Kier molecular flexibility index (Phi) is 2.65. The van der Waals surface area contributed by atoms with Crippen LogP contribution in [-0.4, -0.2) is 9.97 Å². The normalized spacial score (nSPS) is 9.81. The van der Waals surface area contributed by atoms with Crippen molar-refractivity contribution in [1.82, 2.24) is 9.97 Å². The number of aryl methyl sites for hydroxylation is 2. The van der Waals surface area contributed by atoms with Crippen molar-refractivity contribution in [3.63, 3.8) is 0 Å². The first kappa shape index (κ1) is 10.3. The summed E-state index contributed by atoms with van der Waals surface area (Å²) in [4.78, 5) is 8.39. The van der Waals surface area contributed by atoms with Gasteiger partial charge in [0.25, 0.3) is 0 Å². The van der Waals surface area contributed by atoms with E-state index in [4.69, 9.17) is 5.26 Å². The van der Waals surface area contributed by atoms with Crippen LogP contribution < -0.4 is 0 Å². The van der Waals surface area contributed by atoms with Crippen LogP contribution in [0.15, 0.2) is 30.3 Å². The van der Waals surface area contributed by atoms with Crippen molar-refractivity contribution in [2.45, 2.75) is 13.8 Å². The molecule has 3 heteroatoms. The van der Waals surface area contributed by atoms with Crippen LogP contribution in [0, 0.1) is 25.2 Å². The third-order valence-electron chi connectivity index (χ3n) is 2.37. The Balaban J connectivity index is 2.61. The number of nitrogens with zero attached hydrogens (tertiary/aromatic N) is 3. The molecule has 0 atom stereocenters. The fourth-order valence-corrected chi connectivity index (χ4v) is 1.62. The second kappa shape index (κ2) is 4.11. The Labute approximate surface area is 94.4 Å². The molecule has 0 amide bonds. The minimum Gasteiger partial charge on any atom is -0.233 e. The minimum atomic E-state index is 0.408. The second-order valence-electron chi connectivity index (χ2n) is 3.61. The summed E-state index contributed by atoms with van der Waals surface area (Å²) in [7, 11) is 0. The van der Waals surface area contributed by atoms with Gasteiger partial charge in [-0.25, -0.2) is 9.97 Å². The lowest BCUT2D eigenvalue weighted by molar-refractivity contribution is 1.04. The molecule has 0 bridgehead atoms. The molecule has 0 fully saturated rings. The topological polar surface area (TPSA) is 49.6 Å². The predicted octanol–water partition coefficient (Wildman–Crippen LogP) is 2.63. The molecule has 78 valence electrons. The Morgan fingerprint density at radius 1 is 1.12 bits per heavy atom. The van der Waals surface area contributed by atoms with Crippen LogP contribution in [0.1, 0.15) is 17.1 Å². The summed E-state index contributed by atoms with van der Waals surface area (Å²) >= 11 is 0. The Morgan fingerprint density at radius 3 is 2.56 bits per heavy atom. The maximum Gasteiger partial charge on any atom is 0.144 e. The summed E-state index contributed by atoms with van der Waals surface area (Å²) in [6.07, 6.45) is 0. The number of hydrogen-bond acceptors (Lipinski definition) is 3. The van der Waals surface area contributed by atoms with Gasteiger partial charge >= 0.3 is 0 Å². The summed E-state index contributed by atoms with van der Waals surface area (Å²) in [6, 6.07) is 11.7. The molecule has 0 unspecified atom stereocenters. The largest absolute Gasteiger partial charge is 0.233 e. The maximum atomic E-state index is 8.86. The molecule has 3 nitrogen and oxygen atoms in total. The molecule has 0 aliphatic carbocycles. The third-order valence-corrected chi connectivity index (χ3v) is 2.37. The number of rotatable bonds is 1. The summed E-state index contributed by atoms with van der Waals surface area (Å²) in [5, 5.41) is 8.86. The molecule has 0 aliphatic rings. The summed E-state index contributed by atoms with van der Waals surface area (Å²) in [5.41, 5.74) is 3.40. The van der Waals surface area contributed by atoms with Crippen molar-refractivity contribution in [3.8, 4) is 17.3 Å². The van der Waals surface area contributed by atoms with Gasteiger partial charge < -0.3 is 0 Å². The van der Waals surface area contributed by atoms with Crippen molar-refractivity contribution in [1.29, 1.82) is 5.26 Å². The molecule has 0 N–H and O–H groups in total. The van der Waals surface area contributed by atoms with Crippen LogP contribution in [0.25, 0.3) is 11.3 Å². The lowest BCUT2D eigenvalue weighted by Crippen LogP contribution is -1.95. The van der Waals surface area contributed by atoms with E-state index in [1.807, 2.05) is 37.3 Å². The fourth-order valence-electron chi connectivity index (χ4n) is 1.62. The van der Waals surface area contributed by atoms with Gasteiger partial charge in [0.1, 0.15) is 17.6 Å². The van der Waals surface area contributed by atoms with Crippen LogP contribution in [0.5, 0.6) is 0 Å². The van der Waals surface area contributed by atoms with E-state index >= 15 is 0 Å². The highest BCUT2D eigenvalue weighted by Gasteiger charge is 2.05. The van der Waals surface area contributed by atoms with Gasteiger partial charge in [-0.15, -0.1) is 0 Å². The van der Waals surface area contributed by atoms with Gasteiger partial charge in [-0.2, -0.15) is 5.26 Å². The SMILES string of the molecule is Cc1nc(C#N)cc(-c2ccccc2C)n1.